The average Bonchev–Trinajstić information content (AvgIpc) is 2.64. The van der Waals surface area contributed by atoms with E-state index in [0.29, 0.717) is 34.1 Å². The van der Waals surface area contributed by atoms with Gasteiger partial charge in [-0.05, 0) is 24.3 Å². The van der Waals surface area contributed by atoms with Crippen LogP contribution < -0.4 is 20.1 Å². The summed E-state index contributed by atoms with van der Waals surface area (Å²) in [5.41, 5.74) is 1.68. The number of benzene rings is 2. The Kier molecular flexibility index (Phi) is 9.97. The molecule has 0 aliphatic rings. The molecule has 2 aromatic rings. The number of oxime groups is 1. The van der Waals surface area contributed by atoms with Gasteiger partial charge >= 0.3 is 0 Å². The highest BCUT2D eigenvalue weighted by atomic mass is 35.5. The van der Waals surface area contributed by atoms with Gasteiger partial charge in [-0.3, -0.25) is 0 Å². The standard InChI is InChI=1S/C16H17NO4.ClH.H3NO/c1-19-11-8-9-13(15(10-11)21-3)16(17-18)12-6-4-5-7-14(12)20-2;;1-2/h4-10,18H,1-3H3;1H;2H,1H2. The van der Waals surface area contributed by atoms with Crippen LogP contribution in [-0.4, -0.2) is 37.5 Å². The van der Waals surface area contributed by atoms with Gasteiger partial charge in [-0.25, -0.2) is 5.90 Å². The van der Waals surface area contributed by atoms with Crippen LogP contribution >= 0.6 is 12.4 Å². The molecule has 0 heterocycles. The lowest BCUT2D eigenvalue weighted by Gasteiger charge is -2.13. The van der Waals surface area contributed by atoms with E-state index >= 15 is 0 Å². The fraction of sp³-hybridized carbons (Fsp3) is 0.188. The number of rotatable bonds is 5. The van der Waals surface area contributed by atoms with Crippen molar-refractivity contribution in [1.29, 1.82) is 0 Å². The average molecular weight is 357 g/mol. The molecular formula is C16H21ClN2O5. The van der Waals surface area contributed by atoms with Crippen molar-refractivity contribution in [3.8, 4) is 17.2 Å². The normalized spacial score (nSPS) is 9.96. The molecule has 0 saturated carbocycles. The highest BCUT2D eigenvalue weighted by Gasteiger charge is 2.17. The topological polar surface area (TPSA) is 107 Å². The van der Waals surface area contributed by atoms with Gasteiger partial charge in [-0.2, -0.15) is 0 Å². The molecule has 0 bridgehead atoms. The summed E-state index contributed by atoms with van der Waals surface area (Å²) in [5, 5.41) is 19.4. The molecule has 0 aliphatic heterocycles. The zero-order valence-electron chi connectivity index (χ0n) is 13.6. The quantitative estimate of drug-likeness (QED) is 0.432. The lowest BCUT2D eigenvalue weighted by molar-refractivity contribution is 0.311. The Labute approximate surface area is 146 Å². The van der Waals surface area contributed by atoms with E-state index in [0.717, 1.165) is 0 Å². The van der Waals surface area contributed by atoms with Crippen molar-refractivity contribution in [1.82, 2.24) is 0 Å². The van der Waals surface area contributed by atoms with Gasteiger partial charge < -0.3 is 24.6 Å². The molecule has 0 saturated heterocycles. The fourth-order valence-electron chi connectivity index (χ4n) is 2.09. The molecule has 0 fully saturated rings. The summed E-state index contributed by atoms with van der Waals surface area (Å²) in [6.07, 6.45) is 0. The smallest absolute Gasteiger partial charge is 0.132 e. The van der Waals surface area contributed by atoms with Crippen LogP contribution in [0.25, 0.3) is 0 Å². The summed E-state index contributed by atoms with van der Waals surface area (Å²) < 4.78 is 15.8. The van der Waals surface area contributed by atoms with Crippen LogP contribution in [0.1, 0.15) is 11.1 Å². The molecule has 0 radical (unpaired) electrons. The molecule has 132 valence electrons. The van der Waals surface area contributed by atoms with E-state index in [1.54, 1.807) is 45.6 Å². The Balaban J connectivity index is 0.00000170. The maximum atomic E-state index is 9.44. The van der Waals surface area contributed by atoms with Crippen LogP contribution in [0.2, 0.25) is 0 Å². The lowest BCUT2D eigenvalue weighted by Crippen LogP contribution is -2.07. The Bertz CT molecular complexity index is 665. The van der Waals surface area contributed by atoms with Crippen molar-refractivity contribution in [2.75, 3.05) is 21.3 Å². The Hall–Kier alpha value is -2.48. The van der Waals surface area contributed by atoms with Gasteiger partial charge in [0.25, 0.3) is 0 Å². The van der Waals surface area contributed by atoms with Crippen LogP contribution in [0.4, 0.5) is 0 Å². The molecule has 0 atom stereocenters. The van der Waals surface area contributed by atoms with E-state index in [4.69, 9.17) is 19.4 Å². The van der Waals surface area contributed by atoms with Crippen LogP contribution in [-0.2, 0) is 0 Å². The Morgan fingerprint density at radius 1 is 0.875 bits per heavy atom. The van der Waals surface area contributed by atoms with Crippen LogP contribution in [0.15, 0.2) is 47.6 Å². The highest BCUT2D eigenvalue weighted by Crippen LogP contribution is 2.29. The molecule has 7 nitrogen and oxygen atoms in total. The number of para-hydroxylation sites is 1. The summed E-state index contributed by atoms with van der Waals surface area (Å²) in [6, 6.07) is 12.6. The summed E-state index contributed by atoms with van der Waals surface area (Å²) in [7, 11) is 4.70. The number of nitrogens with two attached hydrogens (primary N) is 1. The minimum Gasteiger partial charge on any atom is -0.497 e. The van der Waals surface area contributed by atoms with E-state index < -0.39 is 0 Å². The van der Waals surface area contributed by atoms with E-state index in [2.05, 4.69) is 11.1 Å². The zero-order chi connectivity index (χ0) is 17.2. The first kappa shape index (κ1) is 21.5. The predicted octanol–water partition coefficient (Wildman–Crippen LogP) is 2.70. The second-order valence-corrected chi connectivity index (χ2v) is 4.22. The molecule has 0 spiro atoms. The molecule has 8 heteroatoms. The van der Waals surface area contributed by atoms with E-state index in [1.165, 1.54) is 0 Å². The van der Waals surface area contributed by atoms with E-state index in [9.17, 15) is 5.21 Å². The summed E-state index contributed by atoms with van der Waals surface area (Å²) in [4.78, 5) is 0. The molecule has 0 unspecified atom stereocenters. The monoisotopic (exact) mass is 356 g/mol. The molecular weight excluding hydrogens is 336 g/mol. The zero-order valence-corrected chi connectivity index (χ0v) is 14.4. The fourth-order valence-corrected chi connectivity index (χ4v) is 2.09. The van der Waals surface area contributed by atoms with Crippen molar-refractivity contribution in [3.05, 3.63) is 53.6 Å². The summed E-state index contributed by atoms with van der Waals surface area (Å²) in [5.74, 6) is 5.32. The number of hydrogen-bond donors (Lipinski definition) is 3. The first-order chi connectivity index (χ1) is 11.2. The van der Waals surface area contributed by atoms with Gasteiger partial charge in [0.15, 0.2) is 0 Å². The summed E-state index contributed by atoms with van der Waals surface area (Å²) in [6.45, 7) is 0. The maximum absolute atomic E-state index is 9.44. The maximum Gasteiger partial charge on any atom is 0.132 e. The van der Waals surface area contributed by atoms with Gasteiger partial charge in [0.1, 0.15) is 23.0 Å². The van der Waals surface area contributed by atoms with Gasteiger partial charge in [-0.1, -0.05) is 17.3 Å². The third-order valence-electron chi connectivity index (χ3n) is 3.13. The van der Waals surface area contributed by atoms with Gasteiger partial charge in [0.05, 0.1) is 21.3 Å². The number of nitrogens with zero attached hydrogens (tertiary/aromatic N) is 1. The third-order valence-corrected chi connectivity index (χ3v) is 3.13. The Morgan fingerprint density at radius 3 is 2.00 bits per heavy atom. The number of hydrogen-bond acceptors (Lipinski definition) is 7. The van der Waals surface area contributed by atoms with Crippen molar-refractivity contribution in [3.63, 3.8) is 0 Å². The van der Waals surface area contributed by atoms with Crippen molar-refractivity contribution >= 4 is 18.1 Å². The first-order valence-electron chi connectivity index (χ1n) is 6.58. The molecule has 0 aliphatic carbocycles. The van der Waals surface area contributed by atoms with Crippen LogP contribution in [0.5, 0.6) is 17.2 Å². The van der Waals surface area contributed by atoms with Crippen molar-refractivity contribution in [2.45, 2.75) is 0 Å². The molecule has 0 aromatic heterocycles. The third kappa shape index (κ3) is 4.76. The molecule has 2 aromatic carbocycles. The van der Waals surface area contributed by atoms with E-state index in [-0.39, 0.29) is 12.4 Å². The Morgan fingerprint density at radius 2 is 1.46 bits per heavy atom. The summed E-state index contributed by atoms with van der Waals surface area (Å²) >= 11 is 0. The highest BCUT2D eigenvalue weighted by molar-refractivity contribution is 6.15. The molecule has 24 heavy (non-hydrogen) atoms. The van der Waals surface area contributed by atoms with Gasteiger partial charge in [-0.15, -0.1) is 12.4 Å². The minimum absolute atomic E-state index is 0. The molecule has 2 rings (SSSR count). The van der Waals surface area contributed by atoms with Crippen LogP contribution in [0.3, 0.4) is 0 Å². The second kappa shape index (κ2) is 11.1. The second-order valence-electron chi connectivity index (χ2n) is 4.22. The number of methoxy groups -OCH3 is 3. The number of ether oxygens (including phenoxy) is 3. The molecule has 0 amide bonds. The lowest BCUT2D eigenvalue weighted by atomic mass is 10.0. The SMILES string of the molecule is COc1ccc(C(=NO)c2ccccc2OC)c(OC)c1.Cl.NO. The molecule has 4 N–H and O–H groups in total. The van der Waals surface area contributed by atoms with Crippen molar-refractivity contribution in [2.24, 2.45) is 11.1 Å². The van der Waals surface area contributed by atoms with Gasteiger partial charge in [0.2, 0.25) is 0 Å². The first-order valence-corrected chi connectivity index (χ1v) is 6.58. The predicted molar refractivity (Wildman–Crippen MR) is 93.2 cm³/mol. The van der Waals surface area contributed by atoms with E-state index in [1.807, 2.05) is 18.2 Å². The van der Waals surface area contributed by atoms with Crippen LogP contribution in [0, 0.1) is 0 Å². The van der Waals surface area contributed by atoms with Crippen molar-refractivity contribution < 1.29 is 24.6 Å². The van der Waals surface area contributed by atoms with Gasteiger partial charge in [0, 0.05) is 17.2 Å². The minimum atomic E-state index is 0. The largest absolute Gasteiger partial charge is 0.497 e. The number of halogens is 1.